The van der Waals surface area contributed by atoms with E-state index in [2.05, 4.69) is 5.32 Å². The Morgan fingerprint density at radius 3 is 2.50 bits per heavy atom. The third kappa shape index (κ3) is 3.01. The quantitative estimate of drug-likeness (QED) is 0.787. The topological polar surface area (TPSA) is 47.6 Å². The molecule has 0 aliphatic carbocycles. The summed E-state index contributed by atoms with van der Waals surface area (Å²) in [6.07, 6.45) is 0.705. The zero-order chi connectivity index (χ0) is 13.5. The summed E-state index contributed by atoms with van der Waals surface area (Å²) in [7, 11) is 4.88. The average Bonchev–Trinajstić information content (AvgIpc) is 2.43. The Labute approximate surface area is 108 Å². The molecule has 100 valence electrons. The molecule has 0 bridgehead atoms. The molecule has 1 N–H and O–H groups in total. The third-order valence-electron chi connectivity index (χ3n) is 3.13. The van der Waals surface area contributed by atoms with E-state index in [1.807, 2.05) is 38.2 Å². The number of hydrogen-bond donors (Lipinski definition) is 1. The van der Waals surface area contributed by atoms with Crippen LogP contribution in [0, 0.1) is 5.92 Å². The molecule has 0 spiro atoms. The van der Waals surface area contributed by atoms with E-state index in [9.17, 15) is 4.79 Å². The lowest BCUT2D eigenvalue weighted by Crippen LogP contribution is -2.31. The van der Waals surface area contributed by atoms with Crippen LogP contribution in [0.1, 0.15) is 24.9 Å². The first-order chi connectivity index (χ1) is 8.69. The molecule has 18 heavy (non-hydrogen) atoms. The number of para-hydroxylation sites is 1. The van der Waals surface area contributed by atoms with E-state index >= 15 is 0 Å². The smallest absolute Gasteiger partial charge is 0.310 e. The maximum absolute atomic E-state index is 11.8. The number of carbonyl (C=O) groups is 1. The fraction of sp³-hybridized carbons (Fsp3) is 0.500. The standard InChI is InChI=1S/C14H21NO3/c1-5-10(14(16)18-4)13(15-2)11-8-6-7-9-12(11)17-3/h6-10,13,15H,5H2,1-4H3. The maximum atomic E-state index is 11.8. The van der Waals surface area contributed by atoms with Crippen molar-refractivity contribution < 1.29 is 14.3 Å². The van der Waals surface area contributed by atoms with Crippen molar-refractivity contribution in [1.29, 1.82) is 0 Å². The van der Waals surface area contributed by atoms with Gasteiger partial charge in [-0.05, 0) is 19.5 Å². The van der Waals surface area contributed by atoms with Crippen LogP contribution in [0.2, 0.25) is 0 Å². The van der Waals surface area contributed by atoms with Gasteiger partial charge in [0.05, 0.1) is 20.1 Å². The zero-order valence-electron chi connectivity index (χ0n) is 11.4. The van der Waals surface area contributed by atoms with E-state index in [0.717, 1.165) is 11.3 Å². The summed E-state index contributed by atoms with van der Waals surface area (Å²) < 4.78 is 10.2. The number of hydrogen-bond acceptors (Lipinski definition) is 4. The van der Waals surface area contributed by atoms with Gasteiger partial charge in [0.2, 0.25) is 0 Å². The highest BCUT2D eigenvalue weighted by Gasteiger charge is 2.29. The molecule has 4 heteroatoms. The Morgan fingerprint density at radius 1 is 1.33 bits per heavy atom. The van der Waals surface area contributed by atoms with E-state index in [1.165, 1.54) is 7.11 Å². The fourth-order valence-corrected chi connectivity index (χ4v) is 2.19. The van der Waals surface area contributed by atoms with E-state index in [-0.39, 0.29) is 17.9 Å². The average molecular weight is 251 g/mol. The number of methoxy groups -OCH3 is 2. The number of ether oxygens (including phenoxy) is 2. The molecule has 1 aromatic carbocycles. The Balaban J connectivity index is 3.11. The van der Waals surface area contributed by atoms with Crippen molar-refractivity contribution in [1.82, 2.24) is 5.32 Å². The van der Waals surface area contributed by atoms with E-state index < -0.39 is 0 Å². The van der Waals surface area contributed by atoms with Crippen molar-refractivity contribution >= 4 is 5.97 Å². The predicted molar refractivity (Wildman–Crippen MR) is 70.6 cm³/mol. The first-order valence-corrected chi connectivity index (χ1v) is 6.07. The summed E-state index contributed by atoms with van der Waals surface area (Å²) in [6, 6.07) is 7.59. The van der Waals surface area contributed by atoms with Gasteiger partial charge in [0, 0.05) is 11.6 Å². The number of rotatable bonds is 6. The summed E-state index contributed by atoms with van der Waals surface area (Å²) in [6.45, 7) is 1.97. The minimum atomic E-state index is -0.226. The largest absolute Gasteiger partial charge is 0.496 e. The first-order valence-electron chi connectivity index (χ1n) is 6.07. The molecule has 0 aromatic heterocycles. The van der Waals surface area contributed by atoms with Crippen LogP contribution in [-0.2, 0) is 9.53 Å². The second-order valence-corrected chi connectivity index (χ2v) is 4.05. The molecule has 2 atom stereocenters. The molecule has 0 radical (unpaired) electrons. The van der Waals surface area contributed by atoms with Crippen LogP contribution in [0.25, 0.3) is 0 Å². The molecular weight excluding hydrogens is 230 g/mol. The van der Waals surface area contributed by atoms with Crippen LogP contribution in [0.4, 0.5) is 0 Å². The lowest BCUT2D eigenvalue weighted by Gasteiger charge is -2.25. The molecule has 0 aliphatic heterocycles. The van der Waals surface area contributed by atoms with E-state index in [1.54, 1.807) is 7.11 Å². The van der Waals surface area contributed by atoms with Gasteiger partial charge in [-0.2, -0.15) is 0 Å². The van der Waals surface area contributed by atoms with Crippen LogP contribution in [0.3, 0.4) is 0 Å². The van der Waals surface area contributed by atoms with Crippen LogP contribution in [0.15, 0.2) is 24.3 Å². The summed E-state index contributed by atoms with van der Waals surface area (Å²) in [4.78, 5) is 11.8. The number of carbonyl (C=O) groups excluding carboxylic acids is 1. The van der Waals surface area contributed by atoms with Crippen LogP contribution in [0.5, 0.6) is 5.75 Å². The predicted octanol–water partition coefficient (Wildman–Crippen LogP) is 2.15. The Morgan fingerprint density at radius 2 is 2.00 bits per heavy atom. The minimum Gasteiger partial charge on any atom is -0.496 e. The van der Waals surface area contributed by atoms with E-state index in [4.69, 9.17) is 9.47 Å². The fourth-order valence-electron chi connectivity index (χ4n) is 2.19. The molecular formula is C14H21NO3. The van der Waals surface area contributed by atoms with Crippen LogP contribution < -0.4 is 10.1 Å². The van der Waals surface area contributed by atoms with Gasteiger partial charge < -0.3 is 14.8 Å². The van der Waals surface area contributed by atoms with Gasteiger partial charge in [-0.1, -0.05) is 25.1 Å². The molecule has 1 rings (SSSR count). The van der Waals surface area contributed by atoms with Crippen molar-refractivity contribution in [3.63, 3.8) is 0 Å². The van der Waals surface area contributed by atoms with Gasteiger partial charge in [-0.3, -0.25) is 4.79 Å². The molecule has 4 nitrogen and oxygen atoms in total. The lowest BCUT2D eigenvalue weighted by atomic mass is 9.90. The van der Waals surface area contributed by atoms with E-state index in [0.29, 0.717) is 6.42 Å². The molecule has 0 aliphatic rings. The van der Waals surface area contributed by atoms with Crippen molar-refractivity contribution in [3.05, 3.63) is 29.8 Å². The van der Waals surface area contributed by atoms with Crippen molar-refractivity contribution in [2.45, 2.75) is 19.4 Å². The Hall–Kier alpha value is -1.55. The number of benzene rings is 1. The number of esters is 1. The molecule has 0 fully saturated rings. The van der Waals surface area contributed by atoms with Gasteiger partial charge in [0.15, 0.2) is 0 Å². The molecule has 0 heterocycles. The second kappa shape index (κ2) is 7.01. The first kappa shape index (κ1) is 14.5. The van der Waals surface area contributed by atoms with Crippen LogP contribution in [-0.4, -0.2) is 27.2 Å². The summed E-state index contributed by atoms with van der Waals surface area (Å²) in [5.41, 5.74) is 0.972. The summed E-state index contributed by atoms with van der Waals surface area (Å²) in [5.74, 6) is 0.346. The van der Waals surface area contributed by atoms with Gasteiger partial charge in [-0.25, -0.2) is 0 Å². The molecule has 0 saturated heterocycles. The van der Waals surface area contributed by atoms with Crippen molar-refractivity contribution in [2.75, 3.05) is 21.3 Å². The Kier molecular flexibility index (Phi) is 5.65. The maximum Gasteiger partial charge on any atom is 0.310 e. The van der Waals surface area contributed by atoms with Crippen LogP contribution >= 0.6 is 0 Å². The van der Waals surface area contributed by atoms with Gasteiger partial charge >= 0.3 is 5.97 Å². The molecule has 1 aromatic rings. The zero-order valence-corrected chi connectivity index (χ0v) is 11.4. The SMILES string of the molecule is CCC(C(=O)OC)C(NC)c1ccccc1OC. The van der Waals surface area contributed by atoms with Gasteiger partial charge in [-0.15, -0.1) is 0 Å². The molecule has 0 amide bonds. The summed E-state index contributed by atoms with van der Waals surface area (Å²) >= 11 is 0. The lowest BCUT2D eigenvalue weighted by molar-refractivity contribution is -0.146. The monoisotopic (exact) mass is 251 g/mol. The molecule has 0 saturated carbocycles. The number of nitrogens with one attached hydrogen (secondary N) is 1. The summed E-state index contributed by atoms with van der Waals surface area (Å²) in [5, 5.41) is 3.18. The Bertz CT molecular complexity index is 392. The minimum absolute atomic E-state index is 0.112. The molecule has 2 unspecified atom stereocenters. The third-order valence-corrected chi connectivity index (χ3v) is 3.13. The highest BCUT2D eigenvalue weighted by Crippen LogP contribution is 2.31. The van der Waals surface area contributed by atoms with Crippen molar-refractivity contribution in [3.8, 4) is 5.75 Å². The van der Waals surface area contributed by atoms with Gasteiger partial charge in [0.1, 0.15) is 5.75 Å². The second-order valence-electron chi connectivity index (χ2n) is 4.05. The normalized spacial score (nSPS) is 13.8. The van der Waals surface area contributed by atoms with Gasteiger partial charge in [0.25, 0.3) is 0 Å². The highest BCUT2D eigenvalue weighted by atomic mass is 16.5. The highest BCUT2D eigenvalue weighted by molar-refractivity contribution is 5.73. The van der Waals surface area contributed by atoms with Crippen molar-refractivity contribution in [2.24, 2.45) is 5.92 Å².